The standard InChI is InChI=1S/C10H10F3NO2/c1-6-3-4-8(16-2)7(5-6)14-9(15)10(11,12)13/h3-5H,1-2H3,(H,14,15). The largest absolute Gasteiger partial charge is 0.495 e. The Bertz CT molecular complexity index is 402. The normalized spacial score (nSPS) is 11.1. The van der Waals surface area contributed by atoms with Crippen LogP contribution in [0.3, 0.4) is 0 Å². The number of halogens is 3. The molecule has 0 saturated heterocycles. The van der Waals surface area contributed by atoms with Crippen LogP contribution < -0.4 is 10.1 Å². The zero-order valence-corrected chi connectivity index (χ0v) is 8.68. The second-order valence-corrected chi connectivity index (χ2v) is 3.16. The van der Waals surface area contributed by atoms with Gasteiger partial charge in [0.05, 0.1) is 12.8 Å². The Labute approximate surface area is 90.2 Å². The fourth-order valence-electron chi connectivity index (χ4n) is 1.11. The molecule has 0 fully saturated rings. The van der Waals surface area contributed by atoms with Crippen molar-refractivity contribution in [1.29, 1.82) is 0 Å². The summed E-state index contributed by atoms with van der Waals surface area (Å²) in [6.07, 6.45) is -4.91. The lowest BCUT2D eigenvalue weighted by Gasteiger charge is -2.12. The predicted molar refractivity (Wildman–Crippen MR) is 52.4 cm³/mol. The zero-order valence-electron chi connectivity index (χ0n) is 8.68. The maximum atomic E-state index is 12.0. The molecule has 0 heterocycles. The van der Waals surface area contributed by atoms with Crippen molar-refractivity contribution in [3.05, 3.63) is 23.8 Å². The number of benzene rings is 1. The molecule has 88 valence electrons. The number of carbonyl (C=O) groups excluding carboxylic acids is 1. The van der Waals surface area contributed by atoms with Crippen molar-refractivity contribution in [3.63, 3.8) is 0 Å². The van der Waals surface area contributed by atoms with E-state index in [0.29, 0.717) is 0 Å². The van der Waals surface area contributed by atoms with Gasteiger partial charge in [0.25, 0.3) is 0 Å². The first-order valence-electron chi connectivity index (χ1n) is 4.37. The third kappa shape index (κ3) is 2.88. The first kappa shape index (κ1) is 12.4. The molecular weight excluding hydrogens is 223 g/mol. The maximum absolute atomic E-state index is 12.0. The summed E-state index contributed by atoms with van der Waals surface area (Å²) in [4.78, 5) is 10.7. The van der Waals surface area contributed by atoms with E-state index >= 15 is 0 Å². The van der Waals surface area contributed by atoms with Crippen LogP contribution in [-0.2, 0) is 4.79 Å². The van der Waals surface area contributed by atoms with Crippen molar-refractivity contribution in [2.75, 3.05) is 12.4 Å². The van der Waals surface area contributed by atoms with Gasteiger partial charge in [-0.1, -0.05) is 6.07 Å². The Hall–Kier alpha value is -1.72. The van der Waals surface area contributed by atoms with Crippen LogP contribution >= 0.6 is 0 Å². The molecule has 0 spiro atoms. The van der Waals surface area contributed by atoms with Crippen molar-refractivity contribution in [1.82, 2.24) is 0 Å². The van der Waals surface area contributed by atoms with Gasteiger partial charge < -0.3 is 10.1 Å². The fraction of sp³-hybridized carbons (Fsp3) is 0.300. The van der Waals surface area contributed by atoms with Gasteiger partial charge in [0.15, 0.2) is 0 Å². The number of ether oxygens (including phenoxy) is 1. The van der Waals surface area contributed by atoms with Crippen LogP contribution in [0, 0.1) is 6.92 Å². The van der Waals surface area contributed by atoms with Crippen molar-refractivity contribution in [3.8, 4) is 5.75 Å². The highest BCUT2D eigenvalue weighted by molar-refractivity contribution is 5.96. The average Bonchev–Trinajstić information content (AvgIpc) is 2.16. The van der Waals surface area contributed by atoms with E-state index in [1.165, 1.54) is 19.2 Å². The Morgan fingerprint density at radius 2 is 2.00 bits per heavy atom. The van der Waals surface area contributed by atoms with E-state index in [4.69, 9.17) is 4.74 Å². The van der Waals surface area contributed by atoms with Gasteiger partial charge in [0.1, 0.15) is 5.75 Å². The molecule has 0 aliphatic carbocycles. The van der Waals surface area contributed by atoms with Crippen LogP contribution in [0.4, 0.5) is 18.9 Å². The quantitative estimate of drug-likeness (QED) is 0.852. The van der Waals surface area contributed by atoms with Crippen LogP contribution in [0.5, 0.6) is 5.75 Å². The molecule has 1 N–H and O–H groups in total. The number of hydrogen-bond acceptors (Lipinski definition) is 2. The molecule has 0 radical (unpaired) electrons. The summed E-state index contributed by atoms with van der Waals surface area (Å²) in [6, 6.07) is 4.56. The second-order valence-electron chi connectivity index (χ2n) is 3.16. The third-order valence-electron chi connectivity index (χ3n) is 1.86. The van der Waals surface area contributed by atoms with Gasteiger partial charge in [-0.05, 0) is 24.6 Å². The van der Waals surface area contributed by atoms with Gasteiger partial charge >= 0.3 is 12.1 Å². The number of alkyl halides is 3. The summed E-state index contributed by atoms with van der Waals surface area (Å²) in [6.45, 7) is 1.70. The lowest BCUT2D eigenvalue weighted by molar-refractivity contribution is -0.167. The molecule has 1 rings (SSSR count). The number of hydrogen-bond donors (Lipinski definition) is 1. The highest BCUT2D eigenvalue weighted by Crippen LogP contribution is 2.27. The molecule has 0 saturated carbocycles. The molecule has 3 nitrogen and oxygen atoms in total. The zero-order chi connectivity index (χ0) is 12.3. The molecule has 0 unspecified atom stereocenters. The Kier molecular flexibility index (Phi) is 3.41. The Morgan fingerprint density at radius 3 is 2.50 bits per heavy atom. The summed E-state index contributed by atoms with van der Waals surface area (Å²) >= 11 is 0. The van der Waals surface area contributed by atoms with E-state index in [9.17, 15) is 18.0 Å². The summed E-state index contributed by atoms with van der Waals surface area (Å²) in [5.41, 5.74) is 0.725. The summed E-state index contributed by atoms with van der Waals surface area (Å²) in [5.74, 6) is -1.83. The highest BCUT2D eigenvalue weighted by Gasteiger charge is 2.39. The van der Waals surface area contributed by atoms with Crippen LogP contribution in [0.1, 0.15) is 5.56 Å². The minimum absolute atomic E-state index is 0.00447. The Morgan fingerprint density at radius 1 is 1.38 bits per heavy atom. The number of nitrogens with one attached hydrogen (secondary N) is 1. The fourth-order valence-corrected chi connectivity index (χ4v) is 1.11. The van der Waals surface area contributed by atoms with E-state index in [1.807, 2.05) is 0 Å². The van der Waals surface area contributed by atoms with Crippen molar-refractivity contribution >= 4 is 11.6 Å². The first-order chi connectivity index (χ1) is 7.34. The molecule has 6 heteroatoms. The molecule has 0 bridgehead atoms. The lowest BCUT2D eigenvalue weighted by atomic mass is 10.2. The van der Waals surface area contributed by atoms with E-state index in [1.54, 1.807) is 18.3 Å². The number of aryl methyl sites for hydroxylation is 1. The minimum atomic E-state index is -4.91. The summed E-state index contributed by atoms with van der Waals surface area (Å²) in [5, 5.41) is 1.75. The minimum Gasteiger partial charge on any atom is -0.495 e. The molecule has 0 aliphatic heterocycles. The van der Waals surface area contributed by atoms with Gasteiger partial charge in [-0.2, -0.15) is 13.2 Å². The molecule has 1 aromatic carbocycles. The summed E-state index contributed by atoms with van der Waals surface area (Å²) in [7, 11) is 1.31. The summed E-state index contributed by atoms with van der Waals surface area (Å²) < 4.78 is 40.9. The molecule has 0 aliphatic rings. The number of anilines is 1. The van der Waals surface area contributed by atoms with E-state index in [-0.39, 0.29) is 11.4 Å². The predicted octanol–water partition coefficient (Wildman–Crippen LogP) is 2.50. The van der Waals surface area contributed by atoms with E-state index < -0.39 is 12.1 Å². The van der Waals surface area contributed by atoms with Crippen molar-refractivity contribution in [2.45, 2.75) is 13.1 Å². The number of carbonyl (C=O) groups is 1. The lowest BCUT2D eigenvalue weighted by Crippen LogP contribution is -2.30. The smallest absolute Gasteiger partial charge is 0.471 e. The van der Waals surface area contributed by atoms with Gasteiger partial charge in [0, 0.05) is 0 Å². The van der Waals surface area contributed by atoms with Gasteiger partial charge in [-0.3, -0.25) is 4.79 Å². The highest BCUT2D eigenvalue weighted by atomic mass is 19.4. The van der Waals surface area contributed by atoms with Gasteiger partial charge in [-0.15, -0.1) is 0 Å². The SMILES string of the molecule is COc1ccc(C)cc1NC(=O)C(F)(F)F. The molecule has 16 heavy (non-hydrogen) atoms. The molecular formula is C10H10F3NO2. The number of rotatable bonds is 2. The molecule has 0 atom stereocenters. The van der Waals surface area contributed by atoms with E-state index in [2.05, 4.69) is 0 Å². The van der Waals surface area contributed by atoms with E-state index in [0.717, 1.165) is 5.56 Å². The van der Waals surface area contributed by atoms with Gasteiger partial charge in [0.2, 0.25) is 0 Å². The third-order valence-corrected chi connectivity index (χ3v) is 1.86. The van der Waals surface area contributed by atoms with Crippen LogP contribution in [0.25, 0.3) is 0 Å². The van der Waals surface area contributed by atoms with Crippen molar-refractivity contribution in [2.24, 2.45) is 0 Å². The first-order valence-corrected chi connectivity index (χ1v) is 4.37. The molecule has 1 aromatic rings. The topological polar surface area (TPSA) is 38.3 Å². The van der Waals surface area contributed by atoms with Crippen LogP contribution in [-0.4, -0.2) is 19.2 Å². The monoisotopic (exact) mass is 233 g/mol. The maximum Gasteiger partial charge on any atom is 0.471 e. The van der Waals surface area contributed by atoms with Crippen LogP contribution in [0.15, 0.2) is 18.2 Å². The number of amides is 1. The van der Waals surface area contributed by atoms with Crippen molar-refractivity contribution < 1.29 is 22.7 Å². The Balaban J connectivity index is 2.96. The van der Waals surface area contributed by atoms with Gasteiger partial charge in [-0.25, -0.2) is 0 Å². The average molecular weight is 233 g/mol. The molecule has 1 amide bonds. The second kappa shape index (κ2) is 4.42. The van der Waals surface area contributed by atoms with Crippen LogP contribution in [0.2, 0.25) is 0 Å². The molecule has 0 aromatic heterocycles. The number of methoxy groups -OCH3 is 1.